The monoisotopic (exact) mass is 618 g/mol. The lowest BCUT2D eigenvalue weighted by atomic mass is 10.0. The minimum atomic E-state index is -4.14. The second kappa shape index (κ2) is 13.7. The molecule has 3 rings (SSSR count). The van der Waals surface area contributed by atoms with Crippen molar-refractivity contribution in [2.45, 2.75) is 25.9 Å². The summed E-state index contributed by atoms with van der Waals surface area (Å²) in [5, 5.41) is 2.81. The maximum Gasteiger partial charge on any atom is 0.304 e. The summed E-state index contributed by atoms with van der Waals surface area (Å²) in [6.07, 6.45) is 0.228. The molecule has 0 spiro atoms. The van der Waals surface area contributed by atoms with Gasteiger partial charge in [0.2, 0.25) is 11.8 Å². The summed E-state index contributed by atoms with van der Waals surface area (Å²) in [5.41, 5.74) is 1.73. The molecule has 39 heavy (non-hydrogen) atoms. The molecule has 0 aliphatic rings. The van der Waals surface area contributed by atoms with Crippen molar-refractivity contribution < 1.29 is 22.4 Å². The number of nitrogens with zero attached hydrogens (tertiary/aromatic N) is 3. The lowest BCUT2D eigenvalue weighted by Gasteiger charge is -2.34. The molecule has 3 aromatic rings. The van der Waals surface area contributed by atoms with E-state index < -0.39 is 34.5 Å². The molecule has 0 aliphatic heterocycles. The van der Waals surface area contributed by atoms with Crippen LogP contribution in [0, 0.1) is 5.82 Å². The van der Waals surface area contributed by atoms with Crippen LogP contribution in [0.5, 0.6) is 0 Å². The fourth-order valence-corrected chi connectivity index (χ4v) is 5.28. The Morgan fingerprint density at radius 2 is 1.54 bits per heavy atom. The van der Waals surface area contributed by atoms with E-state index in [0.717, 1.165) is 36.3 Å². The number of likely N-dealkylation sites (N-methyl/N-ethyl adjacent to an activating group) is 1. The number of amides is 2. The quantitative estimate of drug-likeness (QED) is 0.332. The van der Waals surface area contributed by atoms with Crippen LogP contribution >= 0.6 is 15.9 Å². The summed E-state index contributed by atoms with van der Waals surface area (Å²) in [7, 11) is -1.44. The maximum absolute atomic E-state index is 14.0. The highest BCUT2D eigenvalue weighted by Gasteiger charge is 2.34. The summed E-state index contributed by atoms with van der Waals surface area (Å²) in [6, 6.07) is 20.6. The van der Waals surface area contributed by atoms with Crippen LogP contribution in [0.2, 0.25) is 0 Å². The van der Waals surface area contributed by atoms with Crippen LogP contribution in [0.1, 0.15) is 18.1 Å². The first-order valence-corrected chi connectivity index (χ1v) is 14.5. The summed E-state index contributed by atoms with van der Waals surface area (Å²) in [6.45, 7) is 1.63. The molecule has 1 atom stereocenters. The minimum Gasteiger partial charge on any atom is -0.355 e. The summed E-state index contributed by atoms with van der Waals surface area (Å²) < 4.78 is 42.9. The first-order valence-electron chi connectivity index (χ1n) is 12.3. The van der Waals surface area contributed by atoms with Gasteiger partial charge in [0.1, 0.15) is 18.4 Å². The molecule has 0 saturated heterocycles. The van der Waals surface area contributed by atoms with Crippen LogP contribution in [0.15, 0.2) is 83.3 Å². The number of hydrogen-bond acceptors (Lipinski definition) is 4. The third-order valence-electron chi connectivity index (χ3n) is 6.02. The molecule has 0 saturated carbocycles. The number of carbonyl (C=O) groups is 2. The zero-order chi connectivity index (χ0) is 28.6. The SMILES string of the molecule is CCNC(=O)[C@@H](Cc1ccccc1)N(Cc1ccc(Br)cc1)C(=O)CN(c1ccc(F)cc1)S(=O)(=O)N(C)C. The van der Waals surface area contributed by atoms with Crippen molar-refractivity contribution in [3.63, 3.8) is 0 Å². The lowest BCUT2D eigenvalue weighted by Crippen LogP contribution is -2.54. The number of hydrogen-bond donors (Lipinski definition) is 1. The fourth-order valence-electron chi connectivity index (χ4n) is 3.96. The summed E-state index contributed by atoms with van der Waals surface area (Å²) in [5.74, 6) is -1.47. The van der Waals surface area contributed by atoms with Crippen molar-refractivity contribution in [3.8, 4) is 0 Å². The van der Waals surface area contributed by atoms with Crippen molar-refractivity contribution in [1.82, 2.24) is 14.5 Å². The average Bonchev–Trinajstić information content (AvgIpc) is 2.91. The van der Waals surface area contributed by atoms with Crippen LogP contribution in [0.3, 0.4) is 0 Å². The van der Waals surface area contributed by atoms with Crippen LogP contribution < -0.4 is 9.62 Å². The van der Waals surface area contributed by atoms with Gasteiger partial charge in [-0.1, -0.05) is 58.4 Å². The van der Waals surface area contributed by atoms with E-state index in [1.165, 1.54) is 31.1 Å². The topological polar surface area (TPSA) is 90.0 Å². The molecule has 8 nitrogen and oxygen atoms in total. The molecule has 0 heterocycles. The Kier molecular flexibility index (Phi) is 10.6. The standard InChI is InChI=1S/C28H32BrFN4O4S/c1-4-31-28(36)26(18-21-8-6-5-7-9-21)33(19-22-10-12-23(29)13-11-22)27(35)20-34(39(37,38)32(2)3)25-16-14-24(30)15-17-25/h5-17,26H,4,18-20H2,1-3H3,(H,31,36)/t26-/m1/s1. The molecule has 2 amide bonds. The Hall–Kier alpha value is -3.28. The Bertz CT molecular complexity index is 1350. The van der Waals surface area contributed by atoms with Gasteiger partial charge in [-0.3, -0.25) is 9.59 Å². The van der Waals surface area contributed by atoms with E-state index in [4.69, 9.17) is 0 Å². The van der Waals surface area contributed by atoms with E-state index in [9.17, 15) is 22.4 Å². The number of anilines is 1. The zero-order valence-corrected chi connectivity index (χ0v) is 24.5. The van der Waals surface area contributed by atoms with E-state index in [-0.39, 0.29) is 24.6 Å². The molecule has 1 N–H and O–H groups in total. The molecule has 0 fully saturated rings. The Balaban J connectivity index is 2.06. The molecule has 0 bridgehead atoms. The van der Waals surface area contributed by atoms with Crippen molar-refractivity contribution in [2.24, 2.45) is 0 Å². The third kappa shape index (κ3) is 8.11. The predicted molar refractivity (Wildman–Crippen MR) is 154 cm³/mol. The van der Waals surface area contributed by atoms with E-state index in [1.54, 1.807) is 6.92 Å². The van der Waals surface area contributed by atoms with Crippen molar-refractivity contribution in [2.75, 3.05) is 31.5 Å². The van der Waals surface area contributed by atoms with Gasteiger partial charge in [0.05, 0.1) is 5.69 Å². The highest BCUT2D eigenvalue weighted by molar-refractivity contribution is 9.10. The van der Waals surface area contributed by atoms with Crippen LogP contribution in [-0.4, -0.2) is 62.7 Å². The Labute approximate surface area is 237 Å². The molecule has 11 heteroatoms. The van der Waals surface area contributed by atoms with E-state index >= 15 is 0 Å². The van der Waals surface area contributed by atoms with Gasteiger partial charge in [0.15, 0.2) is 0 Å². The minimum absolute atomic E-state index is 0.0695. The average molecular weight is 620 g/mol. The molecule has 0 aromatic heterocycles. The normalized spacial score (nSPS) is 12.2. The summed E-state index contributed by atoms with van der Waals surface area (Å²) >= 11 is 3.41. The first kappa shape index (κ1) is 30.3. The van der Waals surface area contributed by atoms with Gasteiger partial charge in [-0.25, -0.2) is 8.70 Å². The van der Waals surface area contributed by atoms with Crippen LogP contribution in [-0.2, 0) is 32.8 Å². The van der Waals surface area contributed by atoms with Crippen molar-refractivity contribution >= 4 is 43.6 Å². The first-order chi connectivity index (χ1) is 18.5. The highest BCUT2D eigenvalue weighted by Crippen LogP contribution is 2.22. The second-order valence-corrected chi connectivity index (χ2v) is 12.0. The van der Waals surface area contributed by atoms with Gasteiger partial charge >= 0.3 is 10.2 Å². The van der Waals surface area contributed by atoms with Gasteiger partial charge in [0, 0.05) is 38.1 Å². The van der Waals surface area contributed by atoms with Gasteiger partial charge < -0.3 is 10.2 Å². The van der Waals surface area contributed by atoms with Gasteiger partial charge in [-0.15, -0.1) is 0 Å². The largest absolute Gasteiger partial charge is 0.355 e. The lowest BCUT2D eigenvalue weighted by molar-refractivity contribution is -0.140. The van der Waals surface area contributed by atoms with Crippen molar-refractivity contribution in [3.05, 3.63) is 100 Å². The molecular weight excluding hydrogens is 587 g/mol. The number of benzene rings is 3. The number of nitrogens with one attached hydrogen (secondary N) is 1. The zero-order valence-electron chi connectivity index (χ0n) is 22.1. The van der Waals surface area contributed by atoms with E-state index in [2.05, 4.69) is 21.2 Å². The molecule has 0 unspecified atom stereocenters. The number of halogens is 2. The molecule has 3 aromatic carbocycles. The fraction of sp³-hybridized carbons (Fsp3) is 0.286. The molecular formula is C28H32BrFN4O4S. The van der Waals surface area contributed by atoms with Crippen LogP contribution in [0.25, 0.3) is 0 Å². The van der Waals surface area contributed by atoms with E-state index in [1.807, 2.05) is 54.6 Å². The van der Waals surface area contributed by atoms with Gasteiger partial charge in [0.25, 0.3) is 0 Å². The number of rotatable bonds is 12. The predicted octanol–water partition coefficient (Wildman–Crippen LogP) is 3.98. The maximum atomic E-state index is 14.0. The van der Waals surface area contributed by atoms with Crippen LogP contribution in [0.4, 0.5) is 10.1 Å². The van der Waals surface area contributed by atoms with Gasteiger partial charge in [-0.05, 0) is 54.4 Å². The Morgan fingerprint density at radius 3 is 2.10 bits per heavy atom. The molecule has 0 radical (unpaired) electrons. The van der Waals surface area contributed by atoms with Gasteiger partial charge in [-0.2, -0.15) is 12.7 Å². The highest BCUT2D eigenvalue weighted by atomic mass is 79.9. The Morgan fingerprint density at radius 1 is 0.923 bits per heavy atom. The number of carbonyl (C=O) groups excluding carboxylic acids is 2. The molecule has 0 aliphatic carbocycles. The smallest absolute Gasteiger partial charge is 0.304 e. The second-order valence-electron chi connectivity index (χ2n) is 9.02. The van der Waals surface area contributed by atoms with E-state index in [0.29, 0.717) is 6.54 Å². The van der Waals surface area contributed by atoms with Crippen molar-refractivity contribution in [1.29, 1.82) is 0 Å². The molecule has 208 valence electrons. The summed E-state index contributed by atoms with van der Waals surface area (Å²) in [4.78, 5) is 28.8. The third-order valence-corrected chi connectivity index (χ3v) is 8.37.